The van der Waals surface area contributed by atoms with Gasteiger partial charge in [0.25, 0.3) is 5.91 Å². The summed E-state index contributed by atoms with van der Waals surface area (Å²) in [4.78, 5) is 12.1. The molecule has 0 aliphatic heterocycles. The van der Waals surface area contributed by atoms with Gasteiger partial charge in [-0.1, -0.05) is 22.0 Å². The topological polar surface area (TPSA) is 81.1 Å². The minimum Gasteiger partial charge on any atom is -0.399 e. The first-order chi connectivity index (χ1) is 8.97. The highest BCUT2D eigenvalue weighted by Gasteiger charge is 2.10. The normalized spacial score (nSPS) is 10.2. The Labute approximate surface area is 119 Å². The molecule has 0 bridgehead atoms. The Hall–Kier alpha value is -2.01. The third-order valence-corrected chi connectivity index (χ3v) is 3.60. The molecule has 0 atom stereocenters. The molecule has 1 amide bonds. The SMILES string of the molecule is Cc1ccc(NC(=O)c2ccc(N)cc2N)cc1Br. The van der Waals surface area contributed by atoms with Gasteiger partial charge < -0.3 is 16.8 Å². The van der Waals surface area contributed by atoms with Crippen LogP contribution in [-0.4, -0.2) is 5.91 Å². The summed E-state index contributed by atoms with van der Waals surface area (Å²) >= 11 is 3.42. The third kappa shape index (κ3) is 3.06. The van der Waals surface area contributed by atoms with Crippen molar-refractivity contribution in [1.29, 1.82) is 0 Å². The van der Waals surface area contributed by atoms with Gasteiger partial charge in [0.15, 0.2) is 0 Å². The molecule has 98 valence electrons. The van der Waals surface area contributed by atoms with Crippen LogP contribution in [0.2, 0.25) is 0 Å². The zero-order valence-electron chi connectivity index (χ0n) is 10.4. The van der Waals surface area contributed by atoms with E-state index < -0.39 is 0 Å². The smallest absolute Gasteiger partial charge is 0.257 e. The van der Waals surface area contributed by atoms with Crippen LogP contribution in [0.1, 0.15) is 15.9 Å². The molecular weight excluding hydrogens is 306 g/mol. The second kappa shape index (κ2) is 5.32. The highest BCUT2D eigenvalue weighted by molar-refractivity contribution is 9.10. The molecule has 5 heteroatoms. The van der Waals surface area contributed by atoms with Gasteiger partial charge >= 0.3 is 0 Å². The van der Waals surface area contributed by atoms with E-state index in [1.54, 1.807) is 18.2 Å². The molecule has 2 rings (SSSR count). The molecule has 0 aliphatic rings. The van der Waals surface area contributed by atoms with Crippen LogP contribution < -0.4 is 16.8 Å². The number of nitrogen functional groups attached to an aromatic ring is 2. The number of hydrogen-bond acceptors (Lipinski definition) is 3. The largest absolute Gasteiger partial charge is 0.399 e. The monoisotopic (exact) mass is 319 g/mol. The predicted octanol–water partition coefficient (Wildman–Crippen LogP) is 3.17. The summed E-state index contributed by atoms with van der Waals surface area (Å²) in [6, 6.07) is 10.4. The van der Waals surface area contributed by atoms with Crippen molar-refractivity contribution in [3.63, 3.8) is 0 Å². The first kappa shape index (κ1) is 13.4. The number of aryl methyl sites for hydroxylation is 1. The second-order valence-electron chi connectivity index (χ2n) is 4.26. The minimum absolute atomic E-state index is 0.256. The summed E-state index contributed by atoms with van der Waals surface area (Å²) in [5.41, 5.74) is 14.5. The fourth-order valence-corrected chi connectivity index (χ4v) is 2.04. The lowest BCUT2D eigenvalue weighted by atomic mass is 10.1. The Morgan fingerprint density at radius 3 is 2.53 bits per heavy atom. The first-order valence-corrected chi connectivity index (χ1v) is 6.49. The van der Waals surface area contributed by atoms with Crippen molar-refractivity contribution in [2.24, 2.45) is 0 Å². The maximum Gasteiger partial charge on any atom is 0.257 e. The van der Waals surface area contributed by atoms with Gasteiger partial charge in [-0.15, -0.1) is 0 Å². The van der Waals surface area contributed by atoms with E-state index in [1.165, 1.54) is 0 Å². The van der Waals surface area contributed by atoms with Gasteiger partial charge in [0.2, 0.25) is 0 Å². The number of halogens is 1. The van der Waals surface area contributed by atoms with Crippen LogP contribution in [0.15, 0.2) is 40.9 Å². The molecule has 5 N–H and O–H groups in total. The lowest BCUT2D eigenvalue weighted by Crippen LogP contribution is -2.14. The van der Waals surface area contributed by atoms with E-state index >= 15 is 0 Å². The molecule has 0 fully saturated rings. The lowest BCUT2D eigenvalue weighted by molar-refractivity contribution is 0.102. The Bertz CT molecular complexity index is 641. The molecule has 0 aromatic heterocycles. The number of carbonyl (C=O) groups excluding carboxylic acids is 1. The number of rotatable bonds is 2. The minimum atomic E-state index is -0.256. The summed E-state index contributed by atoms with van der Waals surface area (Å²) in [5.74, 6) is -0.256. The molecule has 2 aromatic carbocycles. The van der Waals surface area contributed by atoms with Crippen LogP contribution in [0.5, 0.6) is 0 Å². The molecule has 19 heavy (non-hydrogen) atoms. The maximum atomic E-state index is 12.1. The lowest BCUT2D eigenvalue weighted by Gasteiger charge is -2.09. The number of amides is 1. The summed E-state index contributed by atoms with van der Waals surface area (Å²) in [5, 5.41) is 2.80. The summed E-state index contributed by atoms with van der Waals surface area (Å²) in [7, 11) is 0. The van der Waals surface area contributed by atoms with Crippen LogP contribution in [0.4, 0.5) is 17.1 Å². The fourth-order valence-electron chi connectivity index (χ4n) is 1.66. The van der Waals surface area contributed by atoms with Crippen molar-refractivity contribution in [2.75, 3.05) is 16.8 Å². The summed E-state index contributed by atoms with van der Waals surface area (Å²) < 4.78 is 0.940. The first-order valence-electron chi connectivity index (χ1n) is 5.70. The van der Waals surface area contributed by atoms with Gasteiger partial charge in [-0.2, -0.15) is 0 Å². The number of anilines is 3. The zero-order chi connectivity index (χ0) is 14.0. The van der Waals surface area contributed by atoms with Crippen LogP contribution in [0.25, 0.3) is 0 Å². The predicted molar refractivity (Wildman–Crippen MR) is 82.1 cm³/mol. The summed E-state index contributed by atoms with van der Waals surface area (Å²) in [6.45, 7) is 1.98. The van der Waals surface area contributed by atoms with Gasteiger partial charge in [0, 0.05) is 21.5 Å². The molecule has 0 heterocycles. The Morgan fingerprint density at radius 2 is 1.89 bits per heavy atom. The molecule has 0 unspecified atom stereocenters. The van der Waals surface area contributed by atoms with E-state index in [2.05, 4.69) is 21.2 Å². The molecule has 0 saturated carbocycles. The zero-order valence-corrected chi connectivity index (χ0v) is 12.0. The van der Waals surface area contributed by atoms with Crippen molar-refractivity contribution in [1.82, 2.24) is 0 Å². The number of hydrogen-bond donors (Lipinski definition) is 3. The van der Waals surface area contributed by atoms with Crippen molar-refractivity contribution in [3.8, 4) is 0 Å². The maximum absolute atomic E-state index is 12.1. The van der Waals surface area contributed by atoms with Gasteiger partial charge in [0.1, 0.15) is 0 Å². The highest BCUT2D eigenvalue weighted by Crippen LogP contribution is 2.22. The highest BCUT2D eigenvalue weighted by atomic mass is 79.9. The number of carbonyl (C=O) groups is 1. The van der Waals surface area contributed by atoms with E-state index in [-0.39, 0.29) is 5.91 Å². The Kier molecular flexibility index (Phi) is 3.76. The van der Waals surface area contributed by atoms with Crippen molar-refractivity contribution in [3.05, 3.63) is 52.0 Å². The molecular formula is C14H14BrN3O. The van der Waals surface area contributed by atoms with E-state index in [0.717, 1.165) is 10.0 Å². The average molecular weight is 320 g/mol. The standard InChI is InChI=1S/C14H14BrN3O/c1-8-2-4-10(7-12(8)15)18-14(19)11-5-3-9(16)6-13(11)17/h2-7H,16-17H2,1H3,(H,18,19). The molecule has 2 aromatic rings. The second-order valence-corrected chi connectivity index (χ2v) is 5.12. The average Bonchev–Trinajstić information content (AvgIpc) is 2.33. The number of nitrogens with one attached hydrogen (secondary N) is 1. The van der Waals surface area contributed by atoms with Gasteiger partial charge in [0.05, 0.1) is 5.56 Å². The van der Waals surface area contributed by atoms with Crippen LogP contribution in [-0.2, 0) is 0 Å². The molecule has 0 spiro atoms. The van der Waals surface area contributed by atoms with E-state index in [4.69, 9.17) is 11.5 Å². The van der Waals surface area contributed by atoms with Gasteiger partial charge in [-0.05, 0) is 42.8 Å². The quantitative estimate of drug-likeness (QED) is 0.743. The molecule has 0 aliphatic carbocycles. The van der Waals surface area contributed by atoms with Crippen LogP contribution >= 0.6 is 15.9 Å². The van der Waals surface area contributed by atoms with Gasteiger partial charge in [-0.3, -0.25) is 4.79 Å². The fraction of sp³-hybridized carbons (Fsp3) is 0.0714. The summed E-state index contributed by atoms with van der Waals surface area (Å²) in [6.07, 6.45) is 0. The van der Waals surface area contributed by atoms with Crippen LogP contribution in [0.3, 0.4) is 0 Å². The third-order valence-electron chi connectivity index (χ3n) is 2.75. The van der Waals surface area contributed by atoms with E-state index in [9.17, 15) is 4.79 Å². The van der Waals surface area contributed by atoms with E-state index in [1.807, 2.05) is 25.1 Å². The van der Waals surface area contributed by atoms with Crippen LogP contribution in [0, 0.1) is 6.92 Å². The van der Waals surface area contributed by atoms with Gasteiger partial charge in [-0.25, -0.2) is 0 Å². The van der Waals surface area contributed by atoms with Crippen molar-refractivity contribution >= 4 is 38.9 Å². The van der Waals surface area contributed by atoms with E-state index in [0.29, 0.717) is 22.6 Å². The molecule has 0 saturated heterocycles. The molecule has 4 nitrogen and oxygen atoms in total. The number of nitrogens with two attached hydrogens (primary N) is 2. The van der Waals surface area contributed by atoms with Crippen molar-refractivity contribution < 1.29 is 4.79 Å². The number of benzene rings is 2. The van der Waals surface area contributed by atoms with Crippen molar-refractivity contribution in [2.45, 2.75) is 6.92 Å². The Balaban J connectivity index is 2.23. The molecule has 0 radical (unpaired) electrons. The Morgan fingerprint density at radius 1 is 1.16 bits per heavy atom.